The molecule has 0 unspecified atom stereocenters. The van der Waals surface area contributed by atoms with Crippen molar-refractivity contribution in [1.29, 1.82) is 0 Å². The van der Waals surface area contributed by atoms with E-state index in [2.05, 4.69) is 20.9 Å². The van der Waals surface area contributed by atoms with E-state index in [1.807, 2.05) is 6.07 Å². The molecule has 0 aliphatic heterocycles. The minimum absolute atomic E-state index is 0.0112. The van der Waals surface area contributed by atoms with E-state index in [1.54, 1.807) is 98.4 Å². The van der Waals surface area contributed by atoms with Gasteiger partial charge in [-0.15, -0.1) is 11.8 Å². The van der Waals surface area contributed by atoms with Crippen molar-refractivity contribution in [3.05, 3.63) is 114 Å². The van der Waals surface area contributed by atoms with Crippen LogP contribution in [0.1, 0.15) is 15.9 Å². The normalized spacial score (nSPS) is 10.8. The molecule has 41 heavy (non-hydrogen) atoms. The number of hydrogen-bond donors (Lipinski definition) is 3. The molecule has 3 aromatic carbocycles. The molecule has 0 radical (unpaired) electrons. The molecule has 1 aromatic heterocycles. The SMILES string of the molecule is COc1ccc(/C=C(/NC(=O)c2ccccc2)C(=O)Nc2cccc(SCC(=O)Nc3ccncc3)c2)c(OC)c1. The second-order valence-corrected chi connectivity index (χ2v) is 9.59. The third-order valence-corrected chi connectivity index (χ3v) is 6.69. The Morgan fingerprint density at radius 2 is 1.61 bits per heavy atom. The molecule has 0 saturated carbocycles. The van der Waals surface area contributed by atoms with Crippen molar-refractivity contribution in [1.82, 2.24) is 10.3 Å². The van der Waals surface area contributed by atoms with Crippen molar-refractivity contribution in [2.24, 2.45) is 0 Å². The summed E-state index contributed by atoms with van der Waals surface area (Å²) in [6, 6.07) is 24.3. The van der Waals surface area contributed by atoms with Gasteiger partial charge in [0.1, 0.15) is 17.2 Å². The van der Waals surface area contributed by atoms with Crippen molar-refractivity contribution in [3.8, 4) is 11.5 Å². The Morgan fingerprint density at radius 3 is 2.34 bits per heavy atom. The lowest BCUT2D eigenvalue weighted by atomic mass is 10.1. The molecular weight excluding hydrogens is 540 g/mol. The average molecular weight is 569 g/mol. The highest BCUT2D eigenvalue weighted by atomic mass is 32.2. The van der Waals surface area contributed by atoms with Gasteiger partial charge in [-0.3, -0.25) is 19.4 Å². The van der Waals surface area contributed by atoms with Crippen LogP contribution in [0.15, 0.2) is 108 Å². The molecule has 0 bridgehead atoms. The number of carbonyl (C=O) groups is 3. The van der Waals surface area contributed by atoms with Crippen molar-refractivity contribution < 1.29 is 23.9 Å². The Labute approximate surface area is 242 Å². The second-order valence-electron chi connectivity index (χ2n) is 8.54. The Morgan fingerprint density at radius 1 is 0.829 bits per heavy atom. The zero-order chi connectivity index (χ0) is 29.0. The summed E-state index contributed by atoms with van der Waals surface area (Å²) in [6.45, 7) is 0. The van der Waals surface area contributed by atoms with E-state index in [-0.39, 0.29) is 17.4 Å². The molecule has 0 fully saturated rings. The van der Waals surface area contributed by atoms with Crippen LogP contribution in [0.25, 0.3) is 6.08 Å². The van der Waals surface area contributed by atoms with Crippen LogP contribution in [-0.4, -0.2) is 42.7 Å². The first kappa shape index (κ1) is 28.9. The lowest BCUT2D eigenvalue weighted by Crippen LogP contribution is -2.30. The van der Waals surface area contributed by atoms with E-state index in [9.17, 15) is 14.4 Å². The third kappa shape index (κ3) is 8.45. The van der Waals surface area contributed by atoms with Crippen LogP contribution in [0, 0.1) is 0 Å². The lowest BCUT2D eigenvalue weighted by molar-refractivity contribution is -0.114. The highest BCUT2D eigenvalue weighted by Crippen LogP contribution is 2.27. The van der Waals surface area contributed by atoms with E-state index in [4.69, 9.17) is 9.47 Å². The Hall–Kier alpha value is -5.09. The van der Waals surface area contributed by atoms with Gasteiger partial charge in [0.15, 0.2) is 0 Å². The fourth-order valence-corrected chi connectivity index (χ4v) is 4.43. The molecular formula is C31H28N4O5S. The van der Waals surface area contributed by atoms with Crippen LogP contribution in [0.2, 0.25) is 0 Å². The number of thioether (sulfide) groups is 1. The molecule has 0 aliphatic rings. The molecule has 1 heterocycles. The molecule has 3 N–H and O–H groups in total. The number of pyridine rings is 1. The molecule has 10 heteroatoms. The van der Waals surface area contributed by atoms with Crippen LogP contribution >= 0.6 is 11.8 Å². The Balaban J connectivity index is 1.51. The number of hydrogen-bond acceptors (Lipinski definition) is 7. The van der Waals surface area contributed by atoms with Gasteiger partial charge in [0, 0.05) is 45.9 Å². The minimum atomic E-state index is -0.537. The number of aromatic nitrogens is 1. The summed E-state index contributed by atoms with van der Waals surface area (Å²) in [5.41, 5.74) is 2.14. The van der Waals surface area contributed by atoms with Gasteiger partial charge in [-0.05, 0) is 60.7 Å². The summed E-state index contributed by atoms with van der Waals surface area (Å²) >= 11 is 1.32. The predicted octanol–water partition coefficient (Wildman–Crippen LogP) is 5.24. The average Bonchev–Trinajstić information content (AvgIpc) is 3.01. The summed E-state index contributed by atoms with van der Waals surface area (Å²) in [7, 11) is 3.05. The fraction of sp³-hybridized carbons (Fsp3) is 0.0968. The molecule has 0 atom stereocenters. The van der Waals surface area contributed by atoms with E-state index < -0.39 is 11.8 Å². The van der Waals surface area contributed by atoms with Crippen LogP contribution in [0.4, 0.5) is 11.4 Å². The maximum absolute atomic E-state index is 13.5. The van der Waals surface area contributed by atoms with Crippen LogP contribution in [0.3, 0.4) is 0 Å². The second kappa shape index (κ2) is 14.3. The molecule has 0 saturated heterocycles. The summed E-state index contributed by atoms with van der Waals surface area (Å²) in [6.07, 6.45) is 4.74. The van der Waals surface area contributed by atoms with Gasteiger partial charge >= 0.3 is 0 Å². The van der Waals surface area contributed by atoms with Crippen molar-refractivity contribution in [2.75, 3.05) is 30.6 Å². The standard InChI is InChI=1S/C31H28N4O5S/c1-39-25-12-11-22(28(19-25)40-2)17-27(35-30(37)21-7-4-3-5-8-21)31(38)34-24-9-6-10-26(18-24)41-20-29(36)33-23-13-15-32-16-14-23/h3-19H,20H2,1-2H3,(H,34,38)(H,35,37)(H,32,33,36)/b27-17+. The zero-order valence-electron chi connectivity index (χ0n) is 22.4. The number of nitrogens with zero attached hydrogens (tertiary/aromatic N) is 1. The van der Waals surface area contributed by atoms with Gasteiger partial charge in [0.25, 0.3) is 11.8 Å². The molecule has 4 aromatic rings. The number of nitrogens with one attached hydrogen (secondary N) is 3. The zero-order valence-corrected chi connectivity index (χ0v) is 23.2. The topological polar surface area (TPSA) is 119 Å². The van der Waals surface area contributed by atoms with Gasteiger partial charge in [-0.2, -0.15) is 0 Å². The number of ether oxygens (including phenoxy) is 2. The van der Waals surface area contributed by atoms with Gasteiger partial charge in [-0.25, -0.2) is 0 Å². The third-order valence-electron chi connectivity index (χ3n) is 5.70. The van der Waals surface area contributed by atoms with E-state index >= 15 is 0 Å². The quantitative estimate of drug-likeness (QED) is 0.167. The Bertz CT molecular complexity index is 1540. The molecule has 208 valence electrons. The summed E-state index contributed by atoms with van der Waals surface area (Å²) < 4.78 is 10.7. The first-order valence-corrected chi connectivity index (χ1v) is 13.5. The maximum atomic E-state index is 13.5. The predicted molar refractivity (Wildman–Crippen MR) is 160 cm³/mol. The largest absolute Gasteiger partial charge is 0.497 e. The van der Waals surface area contributed by atoms with Crippen molar-refractivity contribution >= 4 is 46.9 Å². The van der Waals surface area contributed by atoms with Crippen LogP contribution in [-0.2, 0) is 9.59 Å². The van der Waals surface area contributed by atoms with Crippen molar-refractivity contribution in [3.63, 3.8) is 0 Å². The lowest BCUT2D eigenvalue weighted by Gasteiger charge is -2.13. The minimum Gasteiger partial charge on any atom is -0.497 e. The molecule has 9 nitrogen and oxygen atoms in total. The highest BCUT2D eigenvalue weighted by Gasteiger charge is 2.17. The number of amides is 3. The molecule has 4 rings (SSSR count). The Kier molecular flexibility index (Phi) is 10.1. The molecule has 0 aliphatic carbocycles. The number of methoxy groups -OCH3 is 2. The monoisotopic (exact) mass is 568 g/mol. The van der Waals surface area contributed by atoms with E-state index in [1.165, 1.54) is 24.9 Å². The maximum Gasteiger partial charge on any atom is 0.272 e. The first-order chi connectivity index (χ1) is 19.9. The smallest absolute Gasteiger partial charge is 0.272 e. The number of anilines is 2. The molecule has 0 spiro atoms. The number of rotatable bonds is 11. The van der Waals surface area contributed by atoms with E-state index in [0.717, 1.165) is 4.90 Å². The summed E-state index contributed by atoms with van der Waals surface area (Å²) in [5.74, 6) is 0.0794. The van der Waals surface area contributed by atoms with Gasteiger partial charge in [-0.1, -0.05) is 24.3 Å². The number of carbonyl (C=O) groups excluding carboxylic acids is 3. The highest BCUT2D eigenvalue weighted by molar-refractivity contribution is 8.00. The fourth-order valence-electron chi connectivity index (χ4n) is 3.68. The number of benzene rings is 3. The van der Waals surface area contributed by atoms with E-state index in [0.29, 0.717) is 34.0 Å². The summed E-state index contributed by atoms with van der Waals surface area (Å²) in [5, 5.41) is 8.37. The van der Waals surface area contributed by atoms with Gasteiger partial charge < -0.3 is 25.4 Å². The summed E-state index contributed by atoms with van der Waals surface area (Å²) in [4.78, 5) is 43.5. The molecule has 3 amide bonds. The van der Waals surface area contributed by atoms with Crippen LogP contribution < -0.4 is 25.4 Å². The van der Waals surface area contributed by atoms with Gasteiger partial charge in [0.05, 0.1) is 20.0 Å². The van der Waals surface area contributed by atoms with Gasteiger partial charge in [0.2, 0.25) is 5.91 Å². The van der Waals surface area contributed by atoms with Crippen LogP contribution in [0.5, 0.6) is 11.5 Å². The van der Waals surface area contributed by atoms with Crippen molar-refractivity contribution in [2.45, 2.75) is 4.90 Å². The first-order valence-electron chi connectivity index (χ1n) is 12.5.